The van der Waals surface area contributed by atoms with E-state index in [1.54, 1.807) is 0 Å². The van der Waals surface area contributed by atoms with Crippen LogP contribution in [0.15, 0.2) is 22.7 Å². The summed E-state index contributed by atoms with van der Waals surface area (Å²) in [5, 5.41) is 3.05. The van der Waals surface area contributed by atoms with Crippen molar-refractivity contribution >= 4 is 27.5 Å². The highest BCUT2D eigenvalue weighted by Gasteiger charge is 2.36. The lowest BCUT2D eigenvalue weighted by Gasteiger charge is -2.22. The number of halogens is 1. The van der Waals surface area contributed by atoms with Gasteiger partial charge in [0.15, 0.2) is 0 Å². The van der Waals surface area contributed by atoms with E-state index in [4.69, 9.17) is 0 Å². The molecule has 0 saturated heterocycles. The van der Waals surface area contributed by atoms with Gasteiger partial charge in [0.1, 0.15) is 0 Å². The summed E-state index contributed by atoms with van der Waals surface area (Å²) in [7, 11) is 0. The molecule has 1 aliphatic rings. The molecule has 1 fully saturated rings. The van der Waals surface area contributed by atoms with Crippen LogP contribution in [0.25, 0.3) is 0 Å². The van der Waals surface area contributed by atoms with Gasteiger partial charge < -0.3 is 5.32 Å². The second-order valence-corrected chi connectivity index (χ2v) is 5.95. The zero-order valence-electron chi connectivity index (χ0n) is 10.3. The molecule has 2 rings (SSSR count). The molecule has 1 amide bonds. The van der Waals surface area contributed by atoms with Crippen LogP contribution < -0.4 is 5.32 Å². The number of aryl methyl sites for hydroxylation is 1. The molecule has 0 aliphatic heterocycles. The summed E-state index contributed by atoms with van der Waals surface area (Å²) in [6, 6.07) is 5.93. The third-order valence-corrected chi connectivity index (χ3v) is 4.75. The molecule has 1 N–H and O–H groups in total. The second kappa shape index (κ2) is 4.81. The first kappa shape index (κ1) is 12.6. The van der Waals surface area contributed by atoms with Crippen LogP contribution in [0.1, 0.15) is 38.2 Å². The van der Waals surface area contributed by atoms with Crippen molar-refractivity contribution < 1.29 is 4.79 Å². The predicted octanol–water partition coefficient (Wildman–Crippen LogP) is 4.28. The lowest BCUT2D eigenvalue weighted by atomic mass is 9.88. The minimum atomic E-state index is -0.177. The van der Waals surface area contributed by atoms with Crippen molar-refractivity contribution in [1.82, 2.24) is 0 Å². The highest BCUT2D eigenvalue weighted by molar-refractivity contribution is 9.10. The lowest BCUT2D eigenvalue weighted by molar-refractivity contribution is -0.124. The van der Waals surface area contributed by atoms with Gasteiger partial charge in [-0.25, -0.2) is 0 Å². The van der Waals surface area contributed by atoms with Crippen LogP contribution in [0.2, 0.25) is 0 Å². The maximum Gasteiger partial charge on any atom is 0.230 e. The van der Waals surface area contributed by atoms with E-state index < -0.39 is 0 Å². The van der Waals surface area contributed by atoms with Gasteiger partial charge in [0.25, 0.3) is 0 Å². The van der Waals surface area contributed by atoms with E-state index >= 15 is 0 Å². The summed E-state index contributed by atoms with van der Waals surface area (Å²) in [4.78, 5) is 12.3. The maximum atomic E-state index is 12.3. The molecule has 1 aromatic rings. The van der Waals surface area contributed by atoms with E-state index in [-0.39, 0.29) is 11.3 Å². The second-order valence-electron chi connectivity index (χ2n) is 5.16. The van der Waals surface area contributed by atoms with Gasteiger partial charge in [0.2, 0.25) is 5.91 Å². The number of anilines is 1. The summed E-state index contributed by atoms with van der Waals surface area (Å²) >= 11 is 3.52. The number of rotatable bonds is 2. The fourth-order valence-electron chi connectivity index (χ4n) is 2.40. The Hall–Kier alpha value is -0.830. The van der Waals surface area contributed by atoms with Gasteiger partial charge in [-0.05, 0) is 47.3 Å². The fourth-order valence-corrected chi connectivity index (χ4v) is 2.76. The summed E-state index contributed by atoms with van der Waals surface area (Å²) in [5.74, 6) is 0.154. The topological polar surface area (TPSA) is 29.1 Å². The number of benzene rings is 1. The molecule has 0 heterocycles. The SMILES string of the molecule is Cc1cccc(NC(=O)C2(C)CCCC2)c1Br. The molecule has 1 aromatic carbocycles. The van der Waals surface area contributed by atoms with E-state index in [1.165, 1.54) is 12.8 Å². The van der Waals surface area contributed by atoms with E-state index in [1.807, 2.05) is 25.1 Å². The van der Waals surface area contributed by atoms with Gasteiger partial charge in [-0.1, -0.05) is 31.9 Å². The number of amides is 1. The van der Waals surface area contributed by atoms with Crippen LogP contribution in [0.4, 0.5) is 5.69 Å². The molecule has 2 nitrogen and oxygen atoms in total. The van der Waals surface area contributed by atoms with Crippen molar-refractivity contribution in [3.05, 3.63) is 28.2 Å². The van der Waals surface area contributed by atoms with E-state index in [9.17, 15) is 4.79 Å². The van der Waals surface area contributed by atoms with Crippen molar-refractivity contribution in [2.24, 2.45) is 5.41 Å². The van der Waals surface area contributed by atoms with Crippen LogP contribution in [0, 0.1) is 12.3 Å². The minimum absolute atomic E-state index is 0.154. The van der Waals surface area contributed by atoms with Gasteiger partial charge in [-0.3, -0.25) is 4.79 Å². The molecule has 0 spiro atoms. The first-order chi connectivity index (χ1) is 8.03. The summed E-state index contributed by atoms with van der Waals surface area (Å²) in [6.45, 7) is 4.09. The summed E-state index contributed by atoms with van der Waals surface area (Å²) < 4.78 is 0.981. The number of carbonyl (C=O) groups excluding carboxylic acids is 1. The zero-order valence-corrected chi connectivity index (χ0v) is 11.9. The van der Waals surface area contributed by atoms with Crippen molar-refractivity contribution in [2.45, 2.75) is 39.5 Å². The van der Waals surface area contributed by atoms with Crippen molar-refractivity contribution in [3.8, 4) is 0 Å². The highest BCUT2D eigenvalue weighted by atomic mass is 79.9. The first-order valence-corrected chi connectivity index (χ1v) is 6.89. The van der Waals surface area contributed by atoms with Gasteiger partial charge in [0, 0.05) is 9.89 Å². The zero-order chi connectivity index (χ0) is 12.5. The van der Waals surface area contributed by atoms with Crippen molar-refractivity contribution in [3.63, 3.8) is 0 Å². The molecule has 1 aliphatic carbocycles. The monoisotopic (exact) mass is 295 g/mol. The molecule has 1 saturated carbocycles. The van der Waals surface area contributed by atoms with Crippen molar-refractivity contribution in [1.29, 1.82) is 0 Å². The standard InChI is InChI=1S/C14H18BrNO/c1-10-6-5-7-11(12(10)15)16-13(17)14(2)8-3-4-9-14/h5-7H,3-4,8-9H2,1-2H3,(H,16,17). The Kier molecular flexibility index (Phi) is 3.57. The molecule has 0 bridgehead atoms. The Bertz CT molecular complexity index is 436. The van der Waals surface area contributed by atoms with Crippen LogP contribution in [0.3, 0.4) is 0 Å². The van der Waals surface area contributed by atoms with Crippen molar-refractivity contribution in [2.75, 3.05) is 5.32 Å². The Labute approximate surface area is 111 Å². The van der Waals surface area contributed by atoms with Gasteiger partial charge in [0.05, 0.1) is 5.69 Å². The number of nitrogens with one attached hydrogen (secondary N) is 1. The molecule has 0 unspecified atom stereocenters. The van der Waals surface area contributed by atoms with E-state index in [0.29, 0.717) is 0 Å². The van der Waals surface area contributed by atoms with E-state index in [0.717, 1.165) is 28.6 Å². The maximum absolute atomic E-state index is 12.3. The van der Waals surface area contributed by atoms with E-state index in [2.05, 4.69) is 28.2 Å². The third-order valence-electron chi connectivity index (χ3n) is 3.70. The van der Waals surface area contributed by atoms with Gasteiger partial charge >= 0.3 is 0 Å². The van der Waals surface area contributed by atoms with Crippen LogP contribution in [-0.2, 0) is 4.79 Å². The summed E-state index contributed by atoms with van der Waals surface area (Å²) in [5.41, 5.74) is 1.84. The lowest BCUT2D eigenvalue weighted by Crippen LogP contribution is -2.30. The molecule has 17 heavy (non-hydrogen) atoms. The largest absolute Gasteiger partial charge is 0.325 e. The molecular weight excluding hydrogens is 278 g/mol. The minimum Gasteiger partial charge on any atom is -0.325 e. The Morgan fingerprint density at radius 1 is 1.35 bits per heavy atom. The van der Waals surface area contributed by atoms with Gasteiger partial charge in [-0.15, -0.1) is 0 Å². The number of hydrogen-bond acceptors (Lipinski definition) is 1. The molecule has 3 heteroatoms. The average molecular weight is 296 g/mol. The predicted molar refractivity (Wildman–Crippen MR) is 74.1 cm³/mol. The molecule has 0 radical (unpaired) electrons. The average Bonchev–Trinajstić information content (AvgIpc) is 2.73. The molecule has 0 atom stereocenters. The molecule has 0 aromatic heterocycles. The van der Waals surface area contributed by atoms with Crippen LogP contribution in [0.5, 0.6) is 0 Å². The number of carbonyl (C=O) groups is 1. The molecule has 92 valence electrons. The normalized spacial score (nSPS) is 18.1. The fraction of sp³-hybridized carbons (Fsp3) is 0.500. The van der Waals surface area contributed by atoms with Crippen LogP contribution >= 0.6 is 15.9 Å². The van der Waals surface area contributed by atoms with Crippen LogP contribution in [-0.4, -0.2) is 5.91 Å². The smallest absolute Gasteiger partial charge is 0.230 e. The quantitative estimate of drug-likeness (QED) is 0.867. The summed E-state index contributed by atoms with van der Waals surface area (Å²) in [6.07, 6.45) is 4.34. The Morgan fingerprint density at radius 3 is 2.65 bits per heavy atom. The Morgan fingerprint density at radius 2 is 2.00 bits per heavy atom. The first-order valence-electron chi connectivity index (χ1n) is 6.09. The van der Waals surface area contributed by atoms with Gasteiger partial charge in [-0.2, -0.15) is 0 Å². The third kappa shape index (κ3) is 2.54. The Balaban J connectivity index is 2.16. The highest BCUT2D eigenvalue weighted by Crippen LogP contribution is 2.39. The number of hydrogen-bond donors (Lipinski definition) is 1. The molecular formula is C14H18BrNO.